The molecule has 18 N–H and O–H groups in total. The van der Waals surface area contributed by atoms with Crippen molar-refractivity contribution in [1.29, 1.82) is 0 Å². The predicted octanol–water partition coefficient (Wildman–Crippen LogP) is -0.429. The van der Waals surface area contributed by atoms with Gasteiger partial charge in [-0.3, -0.25) is 19.2 Å². The van der Waals surface area contributed by atoms with E-state index in [1.54, 1.807) is 90.0 Å². The number of amides is 2. The number of rotatable bonds is 38. The van der Waals surface area contributed by atoms with E-state index in [0.717, 1.165) is 37.3 Å². The normalized spacial score (nSPS) is 26.2. The highest BCUT2D eigenvalue weighted by Crippen LogP contribution is 2.43. The van der Waals surface area contributed by atoms with Crippen molar-refractivity contribution in [3.63, 3.8) is 0 Å². The van der Waals surface area contributed by atoms with Crippen LogP contribution >= 0.6 is 0 Å². The number of methoxy groups -OCH3 is 4. The molecule has 0 radical (unpaired) electrons. The van der Waals surface area contributed by atoms with Crippen LogP contribution in [0.4, 0.5) is 0 Å². The maximum Gasteiger partial charge on any atom is 0.337 e. The fourth-order valence-electron chi connectivity index (χ4n) is 15.7. The number of benzene rings is 4. The molecule has 796 valence electrons. The second-order valence-electron chi connectivity index (χ2n) is 37.3. The van der Waals surface area contributed by atoms with Gasteiger partial charge in [0.1, 0.15) is 85.5 Å². The number of hydrogen-bond acceptors (Lipinski definition) is 40. The van der Waals surface area contributed by atoms with Crippen molar-refractivity contribution in [1.82, 2.24) is 10.6 Å². The molecule has 142 heavy (non-hydrogen) atoms. The summed E-state index contributed by atoms with van der Waals surface area (Å²) in [5.41, 5.74) is 4.34. The van der Waals surface area contributed by atoms with Crippen LogP contribution in [-0.2, 0) is 159 Å². The highest BCUT2D eigenvalue weighted by molar-refractivity contribution is 5.87. The summed E-state index contributed by atoms with van der Waals surface area (Å²) >= 11 is 0. The Hall–Kier alpha value is -10.0. The predicted molar refractivity (Wildman–Crippen MR) is 487 cm³/mol. The minimum absolute atomic E-state index is 0.0176. The fourth-order valence-corrected chi connectivity index (χ4v) is 15.7. The standard InChI is InChI=1S/C31H41NO6.C25H33NO6.C14H22O8.C12H18O8.C8H14O8.C6H10O8/c1-20(17-22-13-9-7-10-14-22)18-24(33)25-26(36-30(3,4)35-25)27-28(38-31(5,6)37-27)29(34)32-21(2)19-23-15-11-8-12-16-23;1-16(13-18-9-5-3-6-10-18)14-20(27)21(28)22(29)23(30)24(31)25(32)26-17(2)15-19-11-7-4-8-12-19;1-13(2)19-7(9(21-13)11(15)17-5)8-10(12(16)18-6)22-14(3,4)20-8;1-11(2)17-5(7(19-11)9(13)14)6-8(10(15)16)20-12(3,4)18-6;1-15-7(13)5(11)3(9)4(10)6(12)8(14)16-2;7-1(3(9)5(11)12)2(8)4(10)6(13)14/h7-16,20-21,25-28H,17-19H2,1-6H3,(H,32,34);3-12,16-17,21-24,28-31H,13-15H2,1-2H3,(H,26,32);7-10H,1-6H3;5-8H,1-4H3,(H,13,14)(H,15,16);3-6,9-12H,1-2H3;1-4,7-10H,(H,11,12)(H,13,14)/t20-,21-,25-,26+,27+,28-;16-,17-,21+,22-,23-,24+;7-,8+,9+,10-;5-,6+,7+,8-;3-,4+,5+,6-;1-,2+,3+,4-/m00..../s1. The van der Waals surface area contributed by atoms with Crippen LogP contribution in [0, 0.1) is 11.8 Å². The van der Waals surface area contributed by atoms with E-state index in [2.05, 4.69) is 39.2 Å². The molecule has 46 heteroatoms. The first-order valence-electron chi connectivity index (χ1n) is 45.2. The van der Waals surface area contributed by atoms with Crippen molar-refractivity contribution in [2.24, 2.45) is 11.8 Å². The molecule has 0 aromatic heterocycles. The van der Waals surface area contributed by atoms with Gasteiger partial charge in [-0.05, 0) is 157 Å². The van der Waals surface area contributed by atoms with E-state index in [1.807, 2.05) is 123 Å². The molecule has 46 nitrogen and oxygen atoms in total. The SMILES string of the molecule is CC1(C)O[C@H]([C@@H]2OC(C)(C)O[C@H]2C(=O)O)[C@@H](C(=O)O)O1.COC(=O)[C@@H](O)[C@H](O)[C@H](O)[C@@H](O)C(=O)OC.COC(=O)[C@H]1OC(C)(C)O[C@@H]1[C@@H]1OC(C)(C)O[C@H]1C(=O)OC.C[C@H](CC(=O)[C@@H](O)[C@H](O)[C@H](O)[C@@H](O)C(=O)N[C@@H](C)Cc1ccccc1)Cc1ccccc1.C[C@H](CC(=O)[C@@H]1OC(C)(C)O[C@H]1[C@H]1OC(C)(C)O[C@@H]1C(=O)N[C@@H](C)Cc1ccccc1)Cc1ccccc1.O=C(O)[C@@H](O)[C@H](O)[C@H](O)[C@@H](O)C(=O)O. The van der Waals surface area contributed by atoms with Crippen LogP contribution in [0.5, 0.6) is 0 Å². The van der Waals surface area contributed by atoms with Crippen molar-refractivity contribution in [2.75, 3.05) is 28.4 Å². The first-order valence-corrected chi connectivity index (χ1v) is 45.2. The zero-order valence-corrected chi connectivity index (χ0v) is 82.5. The molecule has 10 rings (SSSR count). The number of nitrogens with one attached hydrogen (secondary N) is 2. The van der Waals surface area contributed by atoms with Gasteiger partial charge in [0, 0.05) is 24.9 Å². The smallest absolute Gasteiger partial charge is 0.337 e. The Morgan fingerprint density at radius 1 is 0.296 bits per heavy atom. The van der Waals surface area contributed by atoms with E-state index in [9.17, 15) is 98.4 Å². The summed E-state index contributed by atoms with van der Waals surface area (Å²) in [5.74, 6) is -18.0. The Balaban J connectivity index is 0.000000311. The number of hydrogen-bond donors (Lipinski definition) is 18. The van der Waals surface area contributed by atoms with Crippen LogP contribution in [0.3, 0.4) is 0 Å². The lowest BCUT2D eigenvalue weighted by Crippen LogP contribution is -2.54. The lowest BCUT2D eigenvalue weighted by Gasteiger charge is -2.27. The minimum atomic E-state index is -2.36. The first kappa shape index (κ1) is 122. The van der Waals surface area contributed by atoms with E-state index in [1.165, 1.54) is 19.8 Å². The van der Waals surface area contributed by atoms with Gasteiger partial charge in [-0.15, -0.1) is 0 Å². The number of aliphatic hydroxyl groups is 12. The average Bonchev–Trinajstić information content (AvgIpc) is 1.61. The lowest BCUT2D eigenvalue weighted by atomic mass is 9.91. The number of aliphatic hydroxyl groups excluding tert-OH is 12. The van der Waals surface area contributed by atoms with Crippen molar-refractivity contribution >= 4 is 71.1 Å². The molecule has 0 saturated carbocycles. The molecule has 0 unspecified atom stereocenters. The van der Waals surface area contributed by atoms with Gasteiger partial charge in [0.05, 0.1) is 28.4 Å². The van der Waals surface area contributed by atoms with E-state index >= 15 is 0 Å². The van der Waals surface area contributed by atoms with Gasteiger partial charge in [-0.2, -0.15) is 0 Å². The second kappa shape index (κ2) is 54.2. The summed E-state index contributed by atoms with van der Waals surface area (Å²) in [6.45, 7) is 27.6. The number of esters is 4. The number of carbonyl (C=O) groups excluding carboxylic acids is 8. The molecule has 6 heterocycles. The molecule has 0 bridgehead atoms. The maximum absolute atomic E-state index is 13.5. The van der Waals surface area contributed by atoms with Gasteiger partial charge in [-0.1, -0.05) is 135 Å². The number of aliphatic carboxylic acids is 4. The zero-order chi connectivity index (χ0) is 108. The molecule has 0 spiro atoms. The molecule has 6 saturated heterocycles. The van der Waals surface area contributed by atoms with Gasteiger partial charge < -0.3 is 168 Å². The van der Waals surface area contributed by atoms with Gasteiger partial charge in [0.2, 0.25) is 0 Å². The number of ketones is 2. The van der Waals surface area contributed by atoms with Crippen molar-refractivity contribution in [3.05, 3.63) is 144 Å². The van der Waals surface area contributed by atoms with Crippen LogP contribution < -0.4 is 10.6 Å². The summed E-state index contributed by atoms with van der Waals surface area (Å²) in [6, 6.07) is 38.6. The highest BCUT2D eigenvalue weighted by atomic mass is 16.8. The number of Topliss-reactive ketones (excluding diaryl/α,β-unsaturated/α-hetero) is 2. The van der Waals surface area contributed by atoms with Gasteiger partial charge in [0.15, 0.2) is 107 Å². The molecule has 6 aliphatic heterocycles. The molecule has 0 aliphatic carbocycles. The first-order chi connectivity index (χ1) is 65.9. The third-order valence-electron chi connectivity index (χ3n) is 22.2. The van der Waals surface area contributed by atoms with E-state index < -0.39 is 241 Å². The Kier molecular flexibility index (Phi) is 46.8. The average molecular weight is 2020 g/mol. The van der Waals surface area contributed by atoms with E-state index in [0.29, 0.717) is 25.7 Å². The van der Waals surface area contributed by atoms with Crippen molar-refractivity contribution in [3.8, 4) is 0 Å². The molecule has 4 aromatic carbocycles. The molecule has 6 aliphatic rings. The van der Waals surface area contributed by atoms with Crippen LogP contribution in [0.2, 0.25) is 0 Å². The van der Waals surface area contributed by atoms with Crippen molar-refractivity contribution < 1.29 is 215 Å². The van der Waals surface area contributed by atoms with Crippen LogP contribution in [-0.4, -0.2) is 375 Å². The Bertz CT molecular complexity index is 4430. The highest BCUT2D eigenvalue weighted by Gasteiger charge is 2.62. The number of carbonyl (C=O) groups is 12. The number of carboxylic acids is 4. The molecule has 6 fully saturated rings. The zero-order valence-electron chi connectivity index (χ0n) is 82.5. The molecule has 2 amide bonds. The Labute approximate surface area is 819 Å². The van der Waals surface area contributed by atoms with E-state index in [4.69, 9.17) is 107 Å². The Morgan fingerprint density at radius 2 is 0.542 bits per heavy atom. The molecule has 28 atom stereocenters. The fraction of sp³-hybridized carbons (Fsp3) is 0.625. The quantitative estimate of drug-likeness (QED) is 0.0200. The van der Waals surface area contributed by atoms with Gasteiger partial charge in [0.25, 0.3) is 11.8 Å². The molecular formula is C96H138N2O44. The third-order valence-corrected chi connectivity index (χ3v) is 22.2. The summed E-state index contributed by atoms with van der Waals surface area (Å²) in [4.78, 5) is 140. The largest absolute Gasteiger partial charge is 0.479 e. The number of carboxylic acid groups (broad SMARTS) is 4. The van der Waals surface area contributed by atoms with Gasteiger partial charge >= 0.3 is 47.8 Å². The van der Waals surface area contributed by atoms with Crippen molar-refractivity contribution in [2.45, 2.75) is 343 Å². The van der Waals surface area contributed by atoms with Crippen LogP contribution in [0.25, 0.3) is 0 Å². The lowest BCUT2D eigenvalue weighted by molar-refractivity contribution is -0.177. The second-order valence-corrected chi connectivity index (χ2v) is 37.3. The molecular weight excluding hydrogens is 1890 g/mol. The summed E-state index contributed by atoms with van der Waals surface area (Å²) in [6.07, 6.45) is -34.4. The van der Waals surface area contributed by atoms with Gasteiger partial charge in [-0.25, -0.2) is 38.4 Å². The maximum atomic E-state index is 13.5. The third kappa shape index (κ3) is 36.9. The minimum Gasteiger partial charge on any atom is -0.479 e. The Morgan fingerprint density at radius 3 is 0.845 bits per heavy atom. The molecule has 4 aromatic rings. The summed E-state index contributed by atoms with van der Waals surface area (Å²) in [7, 11) is 4.42. The monoisotopic (exact) mass is 2020 g/mol. The number of ether oxygens (including phenoxy) is 16. The van der Waals surface area contributed by atoms with Crippen LogP contribution in [0.1, 0.15) is 146 Å². The topological polar surface area (TPSA) is 700 Å². The summed E-state index contributed by atoms with van der Waals surface area (Å²) in [5, 5.41) is 153. The summed E-state index contributed by atoms with van der Waals surface area (Å²) < 4.78 is 86.5. The van der Waals surface area contributed by atoms with E-state index in [-0.39, 0.29) is 42.0 Å². The van der Waals surface area contributed by atoms with Crippen LogP contribution in [0.15, 0.2) is 121 Å².